The highest BCUT2D eigenvalue weighted by Crippen LogP contribution is 2.32. The van der Waals surface area contributed by atoms with Crippen molar-refractivity contribution < 1.29 is 9.53 Å². The fraction of sp³-hybridized carbons (Fsp3) is 0.423. The lowest BCUT2D eigenvalue weighted by Gasteiger charge is -2.20. The van der Waals surface area contributed by atoms with Crippen LogP contribution in [-0.4, -0.2) is 41.3 Å². The zero-order valence-corrected chi connectivity index (χ0v) is 22.3. The number of aromatic nitrogens is 1. The quantitative estimate of drug-likeness (QED) is 0.173. The van der Waals surface area contributed by atoms with E-state index in [-0.39, 0.29) is 5.78 Å². The second-order valence-corrected chi connectivity index (χ2v) is 9.62. The van der Waals surface area contributed by atoms with Crippen LogP contribution in [0.5, 0.6) is 5.75 Å². The second-order valence-electron chi connectivity index (χ2n) is 7.97. The molecule has 0 spiro atoms. The van der Waals surface area contributed by atoms with Gasteiger partial charge in [-0.05, 0) is 107 Å². The molecule has 0 N–H and O–H groups in total. The lowest BCUT2D eigenvalue weighted by Crippen LogP contribution is -2.27. The predicted octanol–water partition coefficient (Wildman–Crippen LogP) is 7.15. The zero-order chi connectivity index (χ0) is 23.1. The van der Waals surface area contributed by atoms with Crippen LogP contribution in [0.4, 0.5) is 0 Å². The van der Waals surface area contributed by atoms with Gasteiger partial charge in [-0.1, -0.05) is 26.8 Å². The third kappa shape index (κ3) is 5.64. The summed E-state index contributed by atoms with van der Waals surface area (Å²) in [5.41, 5.74) is 3.39. The molecule has 6 heteroatoms. The van der Waals surface area contributed by atoms with Gasteiger partial charge in [-0.25, -0.2) is 0 Å². The molecule has 3 aromatic rings. The minimum Gasteiger partial charge on any atom is -0.492 e. The number of pyridine rings is 1. The van der Waals surface area contributed by atoms with Crippen LogP contribution in [0, 0.1) is 0 Å². The average Bonchev–Trinajstić information content (AvgIpc) is 3.09. The van der Waals surface area contributed by atoms with Crippen LogP contribution in [0.15, 0.2) is 51.5 Å². The Balaban J connectivity index is 1.72. The summed E-state index contributed by atoms with van der Waals surface area (Å²) in [6.07, 6.45) is 6.06. The van der Waals surface area contributed by atoms with Gasteiger partial charge in [-0.2, -0.15) is 0 Å². The number of ether oxygens (including phenoxy) is 1. The first-order valence-electron chi connectivity index (χ1n) is 11.5. The van der Waals surface area contributed by atoms with E-state index in [2.05, 4.69) is 57.5 Å². The van der Waals surface area contributed by atoms with E-state index in [0.29, 0.717) is 17.9 Å². The van der Waals surface area contributed by atoms with Gasteiger partial charge in [0.2, 0.25) is 5.78 Å². The van der Waals surface area contributed by atoms with Gasteiger partial charge in [0.25, 0.3) is 0 Å². The van der Waals surface area contributed by atoms with E-state index < -0.39 is 0 Å². The molecule has 0 aliphatic heterocycles. The molecule has 2 heterocycles. The van der Waals surface area contributed by atoms with E-state index in [1.807, 2.05) is 47.0 Å². The van der Waals surface area contributed by atoms with Gasteiger partial charge in [0.05, 0.1) is 22.3 Å². The maximum atomic E-state index is 13.5. The van der Waals surface area contributed by atoms with E-state index in [0.717, 1.165) is 58.3 Å². The van der Waals surface area contributed by atoms with Crippen LogP contribution in [0.25, 0.3) is 5.52 Å². The summed E-state index contributed by atoms with van der Waals surface area (Å²) in [6, 6.07) is 11.6. The Kier molecular flexibility index (Phi) is 9.38. The molecule has 0 amide bonds. The monoisotopic (exact) mass is 562 g/mol. The van der Waals surface area contributed by atoms with E-state index in [4.69, 9.17) is 4.74 Å². The van der Waals surface area contributed by atoms with Gasteiger partial charge in [0, 0.05) is 22.8 Å². The van der Waals surface area contributed by atoms with Crippen LogP contribution in [0.1, 0.15) is 61.6 Å². The van der Waals surface area contributed by atoms with Crippen LogP contribution < -0.4 is 4.74 Å². The minimum absolute atomic E-state index is 0.00998. The average molecular weight is 564 g/mol. The SMILES string of the molecule is CCCN(CCC)CCCOc1ccc(C(=O)c2c(CC)c(Br)c3ccccn23)cc1Br. The minimum atomic E-state index is 0.00998. The first kappa shape index (κ1) is 25.0. The summed E-state index contributed by atoms with van der Waals surface area (Å²) in [6.45, 7) is 10.5. The number of carbonyl (C=O) groups is 1. The molecule has 1 aromatic carbocycles. The van der Waals surface area contributed by atoms with Crippen molar-refractivity contribution in [1.82, 2.24) is 9.30 Å². The molecule has 0 bridgehead atoms. The van der Waals surface area contributed by atoms with Crippen molar-refractivity contribution in [3.05, 3.63) is 68.4 Å². The van der Waals surface area contributed by atoms with E-state index in [1.165, 1.54) is 12.8 Å². The first-order chi connectivity index (χ1) is 15.5. The van der Waals surface area contributed by atoms with Gasteiger partial charge in [-0.3, -0.25) is 4.79 Å². The van der Waals surface area contributed by atoms with Gasteiger partial charge in [-0.15, -0.1) is 0 Å². The summed E-state index contributed by atoms with van der Waals surface area (Å²) in [4.78, 5) is 16.0. The summed E-state index contributed by atoms with van der Waals surface area (Å²) in [5.74, 6) is 0.784. The Morgan fingerprint density at radius 3 is 2.44 bits per heavy atom. The fourth-order valence-electron chi connectivity index (χ4n) is 4.12. The molecule has 32 heavy (non-hydrogen) atoms. The molecule has 2 aromatic heterocycles. The fourth-order valence-corrected chi connectivity index (χ4v) is 5.41. The Bertz CT molecular complexity index is 1060. The van der Waals surface area contributed by atoms with Gasteiger partial charge in [0.15, 0.2) is 0 Å². The Labute approximate surface area is 208 Å². The van der Waals surface area contributed by atoms with Gasteiger partial charge < -0.3 is 14.0 Å². The zero-order valence-electron chi connectivity index (χ0n) is 19.2. The Hall–Kier alpha value is -1.63. The molecule has 0 aliphatic carbocycles. The van der Waals surface area contributed by atoms with Crippen molar-refractivity contribution in [2.75, 3.05) is 26.2 Å². The topological polar surface area (TPSA) is 34.0 Å². The van der Waals surface area contributed by atoms with Gasteiger partial charge in [0.1, 0.15) is 5.75 Å². The van der Waals surface area contributed by atoms with Gasteiger partial charge >= 0.3 is 0 Å². The van der Waals surface area contributed by atoms with Crippen molar-refractivity contribution in [1.29, 1.82) is 0 Å². The molecule has 0 unspecified atom stereocenters. The molecule has 3 rings (SSSR count). The van der Waals surface area contributed by atoms with Crippen LogP contribution in [0.2, 0.25) is 0 Å². The number of rotatable bonds is 12. The smallest absolute Gasteiger partial charge is 0.210 e. The van der Waals surface area contributed by atoms with Crippen molar-refractivity contribution in [2.45, 2.75) is 46.5 Å². The van der Waals surface area contributed by atoms with E-state index in [1.54, 1.807) is 0 Å². The summed E-state index contributed by atoms with van der Waals surface area (Å²) < 4.78 is 9.77. The molecule has 0 aliphatic rings. The van der Waals surface area contributed by atoms with Crippen LogP contribution in [-0.2, 0) is 6.42 Å². The molecule has 172 valence electrons. The highest BCUT2D eigenvalue weighted by molar-refractivity contribution is 9.11. The number of benzene rings is 1. The molecule has 0 fully saturated rings. The third-order valence-corrected chi connectivity index (χ3v) is 7.10. The Morgan fingerprint density at radius 1 is 1.03 bits per heavy atom. The number of ketones is 1. The molecule has 4 nitrogen and oxygen atoms in total. The highest BCUT2D eigenvalue weighted by Gasteiger charge is 2.22. The normalized spacial score (nSPS) is 11.4. The van der Waals surface area contributed by atoms with E-state index in [9.17, 15) is 4.79 Å². The largest absolute Gasteiger partial charge is 0.492 e. The number of halogens is 2. The number of carbonyl (C=O) groups excluding carboxylic acids is 1. The number of hydrogen-bond acceptors (Lipinski definition) is 3. The molecular weight excluding hydrogens is 532 g/mol. The number of nitrogens with zero attached hydrogens (tertiary/aromatic N) is 2. The van der Waals surface area contributed by atoms with Crippen molar-refractivity contribution in [3.8, 4) is 5.75 Å². The van der Waals surface area contributed by atoms with Crippen molar-refractivity contribution >= 4 is 43.2 Å². The lowest BCUT2D eigenvalue weighted by molar-refractivity contribution is 0.103. The molecular formula is C26H32Br2N2O2. The van der Waals surface area contributed by atoms with Crippen molar-refractivity contribution in [3.63, 3.8) is 0 Å². The lowest BCUT2D eigenvalue weighted by atomic mass is 10.0. The summed E-state index contributed by atoms with van der Waals surface area (Å²) in [7, 11) is 0. The van der Waals surface area contributed by atoms with Crippen molar-refractivity contribution in [2.24, 2.45) is 0 Å². The molecule has 0 atom stereocenters. The first-order valence-corrected chi connectivity index (χ1v) is 13.1. The molecule has 0 saturated carbocycles. The molecule has 0 radical (unpaired) electrons. The maximum absolute atomic E-state index is 13.5. The predicted molar refractivity (Wildman–Crippen MR) is 139 cm³/mol. The highest BCUT2D eigenvalue weighted by atomic mass is 79.9. The maximum Gasteiger partial charge on any atom is 0.210 e. The summed E-state index contributed by atoms with van der Waals surface area (Å²) >= 11 is 7.29. The Morgan fingerprint density at radius 2 is 1.78 bits per heavy atom. The van der Waals surface area contributed by atoms with Crippen LogP contribution in [0.3, 0.4) is 0 Å². The number of hydrogen-bond donors (Lipinski definition) is 0. The standard InChI is InChI=1S/C26H32Br2N2O2/c1-4-13-29(14-5-2)15-9-17-32-23-12-11-19(18-21(23)27)26(31)25-20(6-3)24(28)22-10-7-8-16-30(22)25/h7-8,10-12,16,18H,4-6,9,13-15,17H2,1-3H3. The van der Waals surface area contributed by atoms with Crippen LogP contribution >= 0.6 is 31.9 Å². The summed E-state index contributed by atoms with van der Waals surface area (Å²) in [5, 5.41) is 0. The number of fused-ring (bicyclic) bond motifs is 1. The third-order valence-electron chi connectivity index (χ3n) is 5.60. The van der Waals surface area contributed by atoms with E-state index >= 15 is 0 Å². The second kappa shape index (κ2) is 12.0. The molecule has 0 saturated heterocycles.